The molecular formula is C21H23N5O4S2. The molecule has 1 aromatic carbocycles. The van der Waals surface area contributed by atoms with Gasteiger partial charge >= 0.3 is 0 Å². The topological polar surface area (TPSA) is 117 Å². The molecule has 0 bridgehead atoms. The van der Waals surface area contributed by atoms with Crippen LogP contribution in [0.5, 0.6) is 5.88 Å². The minimum Gasteiger partial charge on any atom is -0.475 e. The second-order valence-electron chi connectivity index (χ2n) is 7.11. The average molecular weight is 474 g/mol. The van der Waals surface area contributed by atoms with Crippen LogP contribution in [0.4, 0.5) is 5.13 Å². The predicted octanol–water partition coefficient (Wildman–Crippen LogP) is 2.24. The number of aliphatic hydroxyl groups is 1. The molecule has 3 heterocycles. The summed E-state index contributed by atoms with van der Waals surface area (Å²) in [6, 6.07) is 10.4. The first-order valence-electron chi connectivity index (χ1n) is 10.1. The van der Waals surface area contributed by atoms with Crippen LogP contribution < -0.4 is 10.1 Å². The van der Waals surface area contributed by atoms with Gasteiger partial charge in [-0.15, -0.1) is 0 Å². The van der Waals surface area contributed by atoms with E-state index in [0.29, 0.717) is 31.8 Å². The molecule has 1 fully saturated rings. The molecule has 3 aromatic rings. The maximum atomic E-state index is 13.2. The zero-order valence-electron chi connectivity index (χ0n) is 17.5. The number of hydrazone groups is 1. The van der Waals surface area contributed by atoms with Crippen molar-refractivity contribution in [1.82, 2.24) is 15.0 Å². The zero-order valence-corrected chi connectivity index (χ0v) is 19.1. The molecule has 1 saturated heterocycles. The fourth-order valence-corrected chi connectivity index (χ4v) is 4.57. The fourth-order valence-electron chi connectivity index (χ4n) is 3.22. The van der Waals surface area contributed by atoms with E-state index in [1.54, 1.807) is 42.7 Å². The molecule has 32 heavy (non-hydrogen) atoms. The Morgan fingerprint density at radius 1 is 1.22 bits per heavy atom. The SMILES string of the molecule is CS(=O)c1ccc(/C(=N\N2CCCC2)C(=O)Nc2nc3ccc(OCCO)nc3s2)cc1. The molecule has 1 aliphatic heterocycles. The third-order valence-corrected chi connectivity index (χ3v) is 6.61. The highest BCUT2D eigenvalue weighted by atomic mass is 32.2. The van der Waals surface area contributed by atoms with Gasteiger partial charge in [-0.1, -0.05) is 23.5 Å². The number of amides is 1. The highest BCUT2D eigenvalue weighted by Gasteiger charge is 2.20. The summed E-state index contributed by atoms with van der Waals surface area (Å²) in [5.74, 6) is 0.0100. The van der Waals surface area contributed by atoms with Gasteiger partial charge in [-0.3, -0.25) is 19.3 Å². The number of rotatable bonds is 8. The number of nitrogens with one attached hydrogen (secondary N) is 1. The summed E-state index contributed by atoms with van der Waals surface area (Å²) in [6.07, 6.45) is 3.69. The highest BCUT2D eigenvalue weighted by molar-refractivity contribution is 7.84. The average Bonchev–Trinajstić information content (AvgIpc) is 3.45. The molecule has 1 atom stereocenters. The maximum absolute atomic E-state index is 13.2. The Morgan fingerprint density at radius 3 is 2.66 bits per heavy atom. The first-order valence-corrected chi connectivity index (χ1v) is 12.5. The molecular weight excluding hydrogens is 450 g/mol. The van der Waals surface area contributed by atoms with Crippen LogP contribution in [0.3, 0.4) is 0 Å². The van der Waals surface area contributed by atoms with Crippen LogP contribution >= 0.6 is 11.3 Å². The molecule has 2 N–H and O–H groups in total. The van der Waals surface area contributed by atoms with Crippen molar-refractivity contribution in [3.8, 4) is 5.88 Å². The van der Waals surface area contributed by atoms with Gasteiger partial charge in [-0.2, -0.15) is 5.10 Å². The summed E-state index contributed by atoms with van der Waals surface area (Å²) in [4.78, 5) is 23.3. The van der Waals surface area contributed by atoms with E-state index in [4.69, 9.17) is 9.84 Å². The molecule has 0 aliphatic carbocycles. The number of pyridine rings is 1. The minimum absolute atomic E-state index is 0.0992. The molecule has 11 heteroatoms. The number of ether oxygens (including phenoxy) is 1. The van der Waals surface area contributed by atoms with Crippen LogP contribution in [-0.4, -0.2) is 68.5 Å². The summed E-state index contributed by atoms with van der Waals surface area (Å²) in [7, 11) is -1.10. The van der Waals surface area contributed by atoms with E-state index >= 15 is 0 Å². The van der Waals surface area contributed by atoms with Crippen LogP contribution in [0.15, 0.2) is 46.4 Å². The van der Waals surface area contributed by atoms with Gasteiger partial charge in [0, 0.05) is 46.7 Å². The molecule has 1 unspecified atom stereocenters. The Hall–Kier alpha value is -2.89. The predicted molar refractivity (Wildman–Crippen MR) is 125 cm³/mol. The molecule has 1 amide bonds. The Labute approximate surface area is 191 Å². The summed E-state index contributed by atoms with van der Waals surface area (Å²) >= 11 is 1.23. The second-order valence-corrected chi connectivity index (χ2v) is 9.46. The van der Waals surface area contributed by atoms with Gasteiger partial charge in [0.15, 0.2) is 10.8 Å². The molecule has 0 saturated carbocycles. The lowest BCUT2D eigenvalue weighted by molar-refractivity contribution is -0.110. The zero-order chi connectivity index (χ0) is 22.5. The van der Waals surface area contributed by atoms with Crippen LogP contribution in [0.25, 0.3) is 10.3 Å². The van der Waals surface area contributed by atoms with E-state index in [2.05, 4.69) is 20.4 Å². The number of thiazole rings is 1. The fraction of sp³-hybridized carbons (Fsp3) is 0.333. The first kappa shape index (κ1) is 22.3. The molecule has 1 aliphatic rings. The van der Waals surface area contributed by atoms with Gasteiger partial charge in [-0.25, -0.2) is 9.97 Å². The van der Waals surface area contributed by atoms with Gasteiger partial charge in [-0.05, 0) is 31.0 Å². The van der Waals surface area contributed by atoms with Crippen molar-refractivity contribution in [3.63, 3.8) is 0 Å². The summed E-state index contributed by atoms with van der Waals surface area (Å²) < 4.78 is 17.0. The van der Waals surface area contributed by atoms with Crippen LogP contribution in [0, 0.1) is 0 Å². The number of nitrogens with zero attached hydrogens (tertiary/aromatic N) is 4. The van der Waals surface area contributed by atoms with E-state index in [1.807, 2.05) is 5.01 Å². The van der Waals surface area contributed by atoms with Gasteiger partial charge < -0.3 is 9.84 Å². The third-order valence-electron chi connectivity index (χ3n) is 4.79. The lowest BCUT2D eigenvalue weighted by Gasteiger charge is -2.14. The largest absolute Gasteiger partial charge is 0.475 e. The normalized spacial score (nSPS) is 15.2. The number of hydrogen-bond donors (Lipinski definition) is 2. The molecule has 4 rings (SSSR count). The van der Waals surface area contributed by atoms with Crippen molar-refractivity contribution in [2.45, 2.75) is 17.7 Å². The van der Waals surface area contributed by atoms with Gasteiger partial charge in [0.05, 0.1) is 6.61 Å². The summed E-state index contributed by atoms with van der Waals surface area (Å²) in [6.45, 7) is 1.66. The van der Waals surface area contributed by atoms with E-state index in [0.717, 1.165) is 25.9 Å². The number of fused-ring (bicyclic) bond motifs is 1. The van der Waals surface area contributed by atoms with Crippen molar-refractivity contribution in [1.29, 1.82) is 0 Å². The molecule has 9 nitrogen and oxygen atoms in total. The first-order chi connectivity index (χ1) is 15.5. The second kappa shape index (κ2) is 10.2. The van der Waals surface area contributed by atoms with E-state index < -0.39 is 10.8 Å². The lowest BCUT2D eigenvalue weighted by Crippen LogP contribution is -2.27. The Balaban J connectivity index is 1.58. The molecule has 0 radical (unpaired) electrons. The van der Waals surface area contributed by atoms with E-state index in [-0.39, 0.29) is 24.8 Å². The number of hydrogen-bond acceptors (Lipinski definition) is 9. The molecule has 168 valence electrons. The minimum atomic E-state index is -1.10. The van der Waals surface area contributed by atoms with Gasteiger partial charge in [0.2, 0.25) is 5.88 Å². The number of benzene rings is 1. The highest BCUT2D eigenvalue weighted by Crippen LogP contribution is 2.26. The third kappa shape index (κ3) is 5.29. The number of anilines is 1. The lowest BCUT2D eigenvalue weighted by atomic mass is 10.1. The molecule has 0 spiro atoms. The van der Waals surface area contributed by atoms with Crippen LogP contribution in [0.2, 0.25) is 0 Å². The van der Waals surface area contributed by atoms with Crippen molar-refractivity contribution in [2.75, 3.05) is 37.9 Å². The van der Waals surface area contributed by atoms with E-state index in [1.165, 1.54) is 11.3 Å². The smallest absolute Gasteiger partial charge is 0.278 e. The van der Waals surface area contributed by atoms with Crippen molar-refractivity contribution in [3.05, 3.63) is 42.0 Å². The number of aliphatic hydroxyl groups excluding tert-OH is 1. The number of aromatic nitrogens is 2. The van der Waals surface area contributed by atoms with Crippen molar-refractivity contribution in [2.24, 2.45) is 5.10 Å². The Morgan fingerprint density at radius 2 is 1.97 bits per heavy atom. The van der Waals surface area contributed by atoms with E-state index in [9.17, 15) is 9.00 Å². The van der Waals surface area contributed by atoms with Crippen molar-refractivity contribution >= 4 is 49.2 Å². The summed E-state index contributed by atoms with van der Waals surface area (Å²) in [5.41, 5.74) is 1.55. The number of carbonyl (C=O) groups excluding carboxylic acids is 1. The van der Waals surface area contributed by atoms with Gasteiger partial charge in [0.25, 0.3) is 5.91 Å². The van der Waals surface area contributed by atoms with Crippen LogP contribution in [-0.2, 0) is 15.6 Å². The molecule has 2 aromatic heterocycles. The Kier molecular flexibility index (Phi) is 7.08. The van der Waals surface area contributed by atoms with Crippen LogP contribution in [0.1, 0.15) is 18.4 Å². The monoisotopic (exact) mass is 473 g/mol. The van der Waals surface area contributed by atoms with Gasteiger partial charge in [0.1, 0.15) is 17.0 Å². The number of carbonyl (C=O) groups is 1. The summed E-state index contributed by atoms with van der Waals surface area (Å²) in [5, 5.41) is 18.6. The Bertz CT molecular complexity index is 1160. The maximum Gasteiger partial charge on any atom is 0.278 e. The quantitative estimate of drug-likeness (QED) is 0.482. The standard InChI is InChI=1S/C21H23N5O4S2/c1-32(29)15-6-4-14(5-7-15)18(25-26-10-2-3-11-26)19(28)24-21-22-16-8-9-17(30-13-12-27)23-20(16)31-21/h4-9,27H,2-3,10-13H2,1H3,(H,22,24,28)/b25-18+. The van der Waals surface area contributed by atoms with Crippen molar-refractivity contribution < 1.29 is 18.8 Å².